The van der Waals surface area contributed by atoms with E-state index in [-0.39, 0.29) is 5.69 Å². The molecule has 6 nitrogen and oxygen atoms in total. The molecule has 1 atom stereocenters. The number of hydrogen-bond acceptors (Lipinski definition) is 5. The summed E-state index contributed by atoms with van der Waals surface area (Å²) in [6.07, 6.45) is 5.87. The molecule has 2 aromatic carbocycles. The lowest BCUT2D eigenvalue weighted by atomic mass is 9.93. The number of benzene rings is 2. The highest BCUT2D eigenvalue weighted by Crippen LogP contribution is 2.36. The Hall–Kier alpha value is -4.26. The number of nitrogens with zero attached hydrogens (tertiary/aromatic N) is 4. The van der Waals surface area contributed by atoms with Gasteiger partial charge in [-0.1, -0.05) is 26.0 Å². The van der Waals surface area contributed by atoms with Crippen LogP contribution in [0.2, 0.25) is 0 Å². The molecule has 3 N–H and O–H groups in total. The summed E-state index contributed by atoms with van der Waals surface area (Å²) in [6.45, 7) is 4.59. The van der Waals surface area contributed by atoms with Gasteiger partial charge in [0, 0.05) is 23.6 Å². The molecule has 0 spiro atoms. The summed E-state index contributed by atoms with van der Waals surface area (Å²) >= 11 is 0. The second kappa shape index (κ2) is 8.75. The molecule has 3 aromatic heterocycles. The van der Waals surface area contributed by atoms with Crippen LogP contribution in [0.5, 0.6) is 0 Å². The van der Waals surface area contributed by atoms with Gasteiger partial charge in [-0.15, -0.1) is 0 Å². The summed E-state index contributed by atoms with van der Waals surface area (Å²) in [5, 5.41) is 8.15. The molecule has 7 heteroatoms. The zero-order valence-electron chi connectivity index (χ0n) is 20.2. The van der Waals surface area contributed by atoms with Crippen molar-refractivity contribution in [2.24, 2.45) is 11.8 Å². The van der Waals surface area contributed by atoms with Gasteiger partial charge in [0.2, 0.25) is 5.95 Å². The normalized spacial score (nSPS) is 14.9. The van der Waals surface area contributed by atoms with E-state index in [4.69, 9.17) is 15.8 Å². The van der Waals surface area contributed by atoms with Crippen molar-refractivity contribution in [1.82, 2.24) is 19.6 Å². The number of pyridine rings is 1. The molecule has 36 heavy (non-hydrogen) atoms. The molecule has 3 heterocycles. The van der Waals surface area contributed by atoms with Crippen LogP contribution in [0.3, 0.4) is 0 Å². The Bertz CT molecular complexity index is 1590. The molecule has 0 amide bonds. The fourth-order valence-corrected chi connectivity index (χ4v) is 5.03. The number of hydrogen-bond donors (Lipinski definition) is 2. The minimum Gasteiger partial charge on any atom is -0.396 e. The van der Waals surface area contributed by atoms with Crippen molar-refractivity contribution < 1.29 is 4.39 Å². The molecule has 0 saturated carbocycles. The number of halogens is 1. The van der Waals surface area contributed by atoms with Gasteiger partial charge in [-0.25, -0.2) is 18.9 Å². The Labute approximate surface area is 209 Å². The van der Waals surface area contributed by atoms with Gasteiger partial charge in [0.1, 0.15) is 11.5 Å². The van der Waals surface area contributed by atoms with E-state index in [1.54, 1.807) is 22.8 Å². The van der Waals surface area contributed by atoms with Crippen LogP contribution < -0.4 is 11.1 Å². The number of anilines is 3. The molecular formula is C29H27FN6. The summed E-state index contributed by atoms with van der Waals surface area (Å²) in [7, 11) is 0. The predicted molar refractivity (Wildman–Crippen MR) is 141 cm³/mol. The van der Waals surface area contributed by atoms with Crippen molar-refractivity contribution in [2.45, 2.75) is 26.7 Å². The van der Waals surface area contributed by atoms with E-state index in [0.717, 1.165) is 35.2 Å². The molecule has 6 rings (SSSR count). The summed E-state index contributed by atoms with van der Waals surface area (Å²) < 4.78 is 15.7. The van der Waals surface area contributed by atoms with Gasteiger partial charge in [0.25, 0.3) is 0 Å². The predicted octanol–water partition coefficient (Wildman–Crippen LogP) is 6.29. The lowest BCUT2D eigenvalue weighted by molar-refractivity contribution is 0.404. The van der Waals surface area contributed by atoms with Crippen molar-refractivity contribution in [2.75, 3.05) is 11.1 Å². The van der Waals surface area contributed by atoms with Crippen LogP contribution in [0.15, 0.2) is 73.1 Å². The number of nitrogens with two attached hydrogens (primary N) is 1. The van der Waals surface area contributed by atoms with Crippen LogP contribution in [-0.4, -0.2) is 19.6 Å². The summed E-state index contributed by atoms with van der Waals surface area (Å²) in [5.41, 5.74) is 13.6. The largest absolute Gasteiger partial charge is 0.396 e. The molecule has 1 unspecified atom stereocenters. The number of rotatable bonds is 5. The smallest absolute Gasteiger partial charge is 0.227 e. The molecule has 180 valence electrons. The number of fused-ring (bicyclic) bond motifs is 2. The molecule has 0 saturated heterocycles. The maximum absolute atomic E-state index is 13.9. The summed E-state index contributed by atoms with van der Waals surface area (Å²) in [6, 6.07) is 18.9. The van der Waals surface area contributed by atoms with Crippen LogP contribution in [-0.2, 0) is 12.8 Å². The molecule has 5 aromatic rings. The molecule has 1 aliphatic rings. The van der Waals surface area contributed by atoms with Crippen molar-refractivity contribution in [3.8, 4) is 22.5 Å². The Kier molecular flexibility index (Phi) is 5.40. The fraction of sp³-hybridized carbons (Fsp3) is 0.207. The monoisotopic (exact) mass is 478 g/mol. The maximum Gasteiger partial charge on any atom is 0.227 e. The highest BCUT2D eigenvalue weighted by Gasteiger charge is 2.24. The average Bonchev–Trinajstić information content (AvgIpc) is 3.47. The second-order valence-corrected chi connectivity index (χ2v) is 9.78. The topological polar surface area (TPSA) is 81.1 Å². The fourth-order valence-electron chi connectivity index (χ4n) is 5.03. The third-order valence-corrected chi connectivity index (χ3v) is 7.09. The van der Waals surface area contributed by atoms with Gasteiger partial charge in [0.15, 0.2) is 0 Å². The SMILES string of the molecule is CC(C)C1Cc2ccc(Nc3nccc(-c4c(-c5ccc(F)c(N)c5)nn5ccccc45)n3)cc2C1. The Morgan fingerprint density at radius 2 is 1.89 bits per heavy atom. The number of nitrogen functional groups attached to an aromatic ring is 1. The van der Waals surface area contributed by atoms with Crippen molar-refractivity contribution >= 4 is 22.8 Å². The van der Waals surface area contributed by atoms with Crippen molar-refractivity contribution in [1.29, 1.82) is 0 Å². The zero-order chi connectivity index (χ0) is 24.8. The van der Waals surface area contributed by atoms with E-state index in [2.05, 4.69) is 42.3 Å². The first-order valence-electron chi connectivity index (χ1n) is 12.2. The van der Waals surface area contributed by atoms with E-state index < -0.39 is 5.82 Å². The van der Waals surface area contributed by atoms with Gasteiger partial charge in [-0.3, -0.25) is 0 Å². The Morgan fingerprint density at radius 3 is 2.72 bits per heavy atom. The minimum absolute atomic E-state index is 0.0804. The van der Waals surface area contributed by atoms with E-state index in [1.807, 2.05) is 30.5 Å². The lowest BCUT2D eigenvalue weighted by Gasteiger charge is -2.12. The second-order valence-electron chi connectivity index (χ2n) is 9.78. The van der Waals surface area contributed by atoms with Crippen molar-refractivity contribution in [3.05, 3.63) is 90.0 Å². The van der Waals surface area contributed by atoms with E-state index in [9.17, 15) is 4.39 Å². The van der Waals surface area contributed by atoms with Crippen molar-refractivity contribution in [3.63, 3.8) is 0 Å². The first-order chi connectivity index (χ1) is 17.5. The van der Waals surface area contributed by atoms with Gasteiger partial charge in [-0.05, 0) is 84.3 Å². The standard InChI is InChI=1S/C29H27FN6/c1-17(2)20-13-18-6-8-22(15-21(18)14-20)33-29-32-11-10-25(34-29)27-26-5-3-4-12-36(26)35-28(27)19-7-9-23(30)24(31)16-19/h3-12,15-17,20H,13-14,31H2,1-2H3,(H,32,33,34). The van der Waals surface area contributed by atoms with Crippen LogP contribution in [0.1, 0.15) is 25.0 Å². The average molecular weight is 479 g/mol. The van der Waals surface area contributed by atoms with Gasteiger partial charge in [0.05, 0.1) is 22.5 Å². The Morgan fingerprint density at radius 1 is 1.03 bits per heavy atom. The van der Waals surface area contributed by atoms with E-state index >= 15 is 0 Å². The highest BCUT2D eigenvalue weighted by atomic mass is 19.1. The summed E-state index contributed by atoms with van der Waals surface area (Å²) in [5.74, 6) is 1.42. The maximum atomic E-state index is 13.9. The van der Waals surface area contributed by atoms with Crippen LogP contribution >= 0.6 is 0 Å². The molecule has 0 fully saturated rings. The zero-order valence-corrected chi connectivity index (χ0v) is 20.2. The lowest BCUT2D eigenvalue weighted by Crippen LogP contribution is -2.07. The van der Waals surface area contributed by atoms with E-state index in [0.29, 0.717) is 29.2 Å². The first-order valence-corrected chi connectivity index (χ1v) is 12.2. The van der Waals surface area contributed by atoms with Crippen LogP contribution in [0.4, 0.5) is 21.7 Å². The van der Waals surface area contributed by atoms with Gasteiger partial charge in [-0.2, -0.15) is 5.10 Å². The molecule has 0 aliphatic heterocycles. The number of nitrogens with one attached hydrogen (secondary N) is 1. The quantitative estimate of drug-likeness (QED) is 0.290. The molecule has 0 bridgehead atoms. The first kappa shape index (κ1) is 22.2. The minimum atomic E-state index is -0.452. The molecule has 1 aliphatic carbocycles. The van der Waals surface area contributed by atoms with Gasteiger partial charge < -0.3 is 11.1 Å². The van der Waals surface area contributed by atoms with Crippen LogP contribution in [0.25, 0.3) is 28.0 Å². The van der Waals surface area contributed by atoms with Crippen LogP contribution in [0, 0.1) is 17.7 Å². The third kappa shape index (κ3) is 3.96. The highest BCUT2D eigenvalue weighted by molar-refractivity contribution is 5.91. The summed E-state index contributed by atoms with van der Waals surface area (Å²) in [4.78, 5) is 9.31. The third-order valence-electron chi connectivity index (χ3n) is 7.09. The molecular weight excluding hydrogens is 451 g/mol. The van der Waals surface area contributed by atoms with Gasteiger partial charge >= 0.3 is 0 Å². The van der Waals surface area contributed by atoms with E-state index in [1.165, 1.54) is 17.2 Å². The molecule has 0 radical (unpaired) electrons. The number of aromatic nitrogens is 4. The Balaban J connectivity index is 1.38.